The lowest BCUT2D eigenvalue weighted by molar-refractivity contribution is 0.0934. The van der Waals surface area contributed by atoms with Crippen molar-refractivity contribution in [3.63, 3.8) is 0 Å². The quantitative estimate of drug-likeness (QED) is 0.148. The Morgan fingerprint density at radius 3 is 1.82 bits per heavy atom. The van der Waals surface area contributed by atoms with Crippen molar-refractivity contribution >= 4 is 22.6 Å². The van der Waals surface area contributed by atoms with Crippen LogP contribution in [0, 0.1) is 0 Å². The second-order valence-electron chi connectivity index (χ2n) is 11.0. The van der Waals surface area contributed by atoms with Crippen molar-refractivity contribution in [1.82, 2.24) is 15.6 Å². The number of amides is 2. The van der Waals surface area contributed by atoms with Gasteiger partial charge in [0.2, 0.25) is 0 Å². The largest absolute Gasteiger partial charge is 0.351 e. The zero-order chi connectivity index (χ0) is 28.4. The summed E-state index contributed by atoms with van der Waals surface area (Å²) in [5, 5.41) is 8.25. The van der Waals surface area contributed by atoms with Gasteiger partial charge in [0, 0.05) is 6.54 Å². The summed E-state index contributed by atoms with van der Waals surface area (Å²) in [5.41, 5.74) is 1.57. The van der Waals surface area contributed by atoms with E-state index in [9.17, 15) is 9.59 Å². The predicted octanol–water partition coefficient (Wildman–Crippen LogP) is 8.94. The second kappa shape index (κ2) is 18.2. The number of carbonyl (C=O) groups is 2. The molecule has 0 spiro atoms. The predicted molar refractivity (Wildman–Crippen MR) is 167 cm³/mol. The molecule has 0 aliphatic heterocycles. The van der Waals surface area contributed by atoms with Crippen molar-refractivity contribution in [2.75, 3.05) is 6.54 Å². The zero-order valence-corrected chi connectivity index (χ0v) is 24.7. The van der Waals surface area contributed by atoms with E-state index in [1.165, 1.54) is 77.0 Å². The Morgan fingerprint density at radius 2 is 1.18 bits per heavy atom. The number of benzene rings is 2. The van der Waals surface area contributed by atoms with E-state index in [1.807, 2.05) is 31.2 Å². The van der Waals surface area contributed by atoms with E-state index in [1.54, 1.807) is 18.2 Å². The number of pyridine rings is 1. The van der Waals surface area contributed by atoms with Crippen LogP contribution >= 0.6 is 0 Å². The summed E-state index contributed by atoms with van der Waals surface area (Å²) < 4.78 is 0. The van der Waals surface area contributed by atoms with Crippen LogP contribution < -0.4 is 10.6 Å². The third kappa shape index (κ3) is 10.7. The number of hydrogen-bond acceptors (Lipinski definition) is 3. The Balaban J connectivity index is 1.30. The molecule has 1 heterocycles. The van der Waals surface area contributed by atoms with Gasteiger partial charge < -0.3 is 10.6 Å². The molecule has 2 amide bonds. The number of fused-ring (bicyclic) bond motifs is 1. The summed E-state index contributed by atoms with van der Waals surface area (Å²) in [6.07, 6.45) is 18.3. The first-order chi connectivity index (χ1) is 19.6. The highest BCUT2D eigenvalue weighted by molar-refractivity contribution is 5.96. The van der Waals surface area contributed by atoms with Crippen LogP contribution in [-0.4, -0.2) is 23.3 Å². The molecule has 216 valence electrons. The molecule has 0 unspecified atom stereocenters. The molecular weight excluding hydrogens is 494 g/mol. The van der Waals surface area contributed by atoms with Crippen molar-refractivity contribution in [2.24, 2.45) is 0 Å². The summed E-state index contributed by atoms with van der Waals surface area (Å²) in [7, 11) is 0. The van der Waals surface area contributed by atoms with Gasteiger partial charge in [-0.05, 0) is 41.8 Å². The van der Waals surface area contributed by atoms with E-state index in [0.29, 0.717) is 6.54 Å². The molecular formula is C35H49N3O2. The molecule has 1 atom stereocenters. The molecule has 0 bridgehead atoms. The fourth-order valence-corrected chi connectivity index (χ4v) is 5.28. The van der Waals surface area contributed by atoms with Gasteiger partial charge in [-0.15, -0.1) is 0 Å². The minimum Gasteiger partial charge on any atom is -0.351 e. The van der Waals surface area contributed by atoms with E-state index in [4.69, 9.17) is 0 Å². The lowest BCUT2D eigenvalue weighted by Gasteiger charge is -2.16. The maximum absolute atomic E-state index is 12.9. The van der Waals surface area contributed by atoms with Crippen LogP contribution in [0.2, 0.25) is 0 Å². The van der Waals surface area contributed by atoms with E-state index >= 15 is 0 Å². The van der Waals surface area contributed by atoms with Crippen molar-refractivity contribution in [3.8, 4) is 0 Å². The first-order valence-electron chi connectivity index (χ1n) is 15.6. The molecule has 0 aliphatic carbocycles. The maximum Gasteiger partial charge on any atom is 0.270 e. The molecule has 0 saturated carbocycles. The fourth-order valence-electron chi connectivity index (χ4n) is 5.28. The highest BCUT2D eigenvalue weighted by Crippen LogP contribution is 2.24. The molecule has 2 aromatic carbocycles. The van der Waals surface area contributed by atoms with Gasteiger partial charge in [-0.3, -0.25) is 9.59 Å². The molecule has 2 N–H and O–H groups in total. The molecule has 40 heavy (non-hydrogen) atoms. The summed E-state index contributed by atoms with van der Waals surface area (Å²) in [6.45, 7) is 4.87. The number of unbranched alkanes of at least 4 members (excludes halogenated alkanes) is 13. The molecule has 0 aliphatic rings. The van der Waals surface area contributed by atoms with Crippen molar-refractivity contribution in [3.05, 3.63) is 77.6 Å². The van der Waals surface area contributed by atoms with Crippen molar-refractivity contribution < 1.29 is 9.59 Å². The Labute approximate surface area is 241 Å². The Morgan fingerprint density at radius 1 is 0.650 bits per heavy atom. The van der Waals surface area contributed by atoms with Gasteiger partial charge in [0.25, 0.3) is 11.8 Å². The molecule has 0 saturated heterocycles. The number of nitrogens with zero attached hydrogens (tertiary/aromatic N) is 1. The van der Waals surface area contributed by atoms with Crippen molar-refractivity contribution in [2.45, 2.75) is 110 Å². The van der Waals surface area contributed by atoms with Crippen LogP contribution in [0.15, 0.2) is 60.7 Å². The van der Waals surface area contributed by atoms with Crippen LogP contribution in [0.3, 0.4) is 0 Å². The van der Waals surface area contributed by atoms with Crippen LogP contribution in [0.5, 0.6) is 0 Å². The zero-order valence-electron chi connectivity index (χ0n) is 24.7. The van der Waals surface area contributed by atoms with E-state index in [-0.39, 0.29) is 29.2 Å². The van der Waals surface area contributed by atoms with Gasteiger partial charge in [-0.2, -0.15) is 0 Å². The molecule has 5 heteroatoms. The third-order valence-electron chi connectivity index (χ3n) is 7.67. The van der Waals surface area contributed by atoms with Crippen LogP contribution in [0.25, 0.3) is 10.8 Å². The molecule has 0 radical (unpaired) electrons. The minimum absolute atomic E-state index is 0.196. The molecule has 3 rings (SSSR count). The summed E-state index contributed by atoms with van der Waals surface area (Å²) in [5.74, 6) is -0.520. The summed E-state index contributed by atoms with van der Waals surface area (Å²) in [4.78, 5) is 29.9. The van der Waals surface area contributed by atoms with Gasteiger partial charge in [-0.1, -0.05) is 139 Å². The standard InChI is InChI=1S/C35H49N3O2/c1-3-4-5-6-7-8-9-10-11-12-13-14-15-18-27-36-34(39)32-25-20-26-33(38-32)35(40)37-28(2)30-24-19-22-29-21-16-17-23-31(29)30/h16-17,19-26,28H,3-15,18,27H2,1-2H3,(H,36,39)(H,37,40)/t28-/m0/s1. The minimum atomic E-state index is -0.290. The number of aromatic nitrogens is 1. The van der Waals surface area contributed by atoms with Gasteiger partial charge in [-0.25, -0.2) is 4.98 Å². The highest BCUT2D eigenvalue weighted by Gasteiger charge is 2.16. The molecule has 3 aromatic rings. The average Bonchev–Trinajstić information content (AvgIpc) is 2.98. The fraction of sp³-hybridized carbons (Fsp3) is 0.514. The van der Waals surface area contributed by atoms with E-state index in [0.717, 1.165) is 29.2 Å². The van der Waals surface area contributed by atoms with Gasteiger partial charge in [0.15, 0.2) is 0 Å². The summed E-state index contributed by atoms with van der Waals surface area (Å²) in [6, 6.07) is 19.1. The van der Waals surface area contributed by atoms with Crippen molar-refractivity contribution in [1.29, 1.82) is 0 Å². The van der Waals surface area contributed by atoms with Crippen LogP contribution in [-0.2, 0) is 0 Å². The normalized spacial score (nSPS) is 11.8. The maximum atomic E-state index is 12.9. The molecule has 1 aromatic heterocycles. The third-order valence-corrected chi connectivity index (χ3v) is 7.67. The number of nitrogens with one attached hydrogen (secondary N) is 2. The smallest absolute Gasteiger partial charge is 0.270 e. The van der Waals surface area contributed by atoms with Gasteiger partial charge in [0.05, 0.1) is 6.04 Å². The molecule has 0 fully saturated rings. The highest BCUT2D eigenvalue weighted by atomic mass is 16.2. The van der Waals surface area contributed by atoms with Gasteiger partial charge in [0.1, 0.15) is 11.4 Å². The summed E-state index contributed by atoms with van der Waals surface area (Å²) >= 11 is 0. The van der Waals surface area contributed by atoms with E-state index < -0.39 is 0 Å². The lowest BCUT2D eigenvalue weighted by atomic mass is 9.99. The number of rotatable bonds is 19. The Hall–Kier alpha value is -3.21. The van der Waals surface area contributed by atoms with Crippen LogP contribution in [0.1, 0.15) is 136 Å². The Bertz CT molecular complexity index is 1170. The number of hydrogen-bond donors (Lipinski definition) is 2. The van der Waals surface area contributed by atoms with E-state index in [2.05, 4.69) is 40.7 Å². The lowest BCUT2D eigenvalue weighted by Crippen LogP contribution is -2.29. The Kier molecular flexibility index (Phi) is 14.2. The number of carbonyl (C=O) groups excluding carboxylic acids is 2. The topological polar surface area (TPSA) is 71.1 Å². The first kappa shape index (κ1) is 31.3. The first-order valence-corrected chi connectivity index (χ1v) is 15.6. The second-order valence-corrected chi connectivity index (χ2v) is 11.0. The van der Waals surface area contributed by atoms with Crippen LogP contribution in [0.4, 0.5) is 0 Å². The molecule has 5 nitrogen and oxygen atoms in total. The van der Waals surface area contributed by atoms with Gasteiger partial charge >= 0.3 is 0 Å². The average molecular weight is 544 g/mol. The SMILES string of the molecule is CCCCCCCCCCCCCCCCNC(=O)c1cccc(C(=O)N[C@@H](C)c2cccc3ccccc23)n1. The monoisotopic (exact) mass is 543 g/mol.